The van der Waals surface area contributed by atoms with Crippen molar-refractivity contribution in [2.24, 2.45) is 29.6 Å². The molecule has 80 heavy (non-hydrogen) atoms. The predicted octanol–water partition coefficient (Wildman–Crippen LogP) is 21.3. The Morgan fingerprint density at radius 1 is 0.400 bits per heavy atom. The molecule has 12 heteroatoms. The van der Waals surface area contributed by atoms with Gasteiger partial charge in [0.25, 0.3) is 0 Å². The van der Waals surface area contributed by atoms with Gasteiger partial charge in [-0.05, 0) is 78.9 Å². The minimum absolute atomic E-state index is 0. The molecule has 484 valence electrons. The van der Waals surface area contributed by atoms with Gasteiger partial charge < -0.3 is 45.2 Å². The van der Waals surface area contributed by atoms with Gasteiger partial charge in [0.15, 0.2) is 0 Å². The molecule has 2 fully saturated rings. The van der Waals surface area contributed by atoms with Crippen LogP contribution in [0.1, 0.15) is 279 Å². The zero-order chi connectivity index (χ0) is 57.9. The van der Waals surface area contributed by atoms with Gasteiger partial charge in [0.1, 0.15) is 6.61 Å². The van der Waals surface area contributed by atoms with E-state index in [0.29, 0.717) is 30.3 Å². The normalized spacial score (nSPS) is 9.71. The van der Waals surface area contributed by atoms with Gasteiger partial charge in [-0.1, -0.05) is 301 Å². The van der Waals surface area contributed by atoms with Crippen LogP contribution in [-0.4, -0.2) is 57.8 Å². The summed E-state index contributed by atoms with van der Waals surface area (Å²) in [5.74, 6) is 6.63. The third-order valence-corrected chi connectivity index (χ3v) is 8.58. The van der Waals surface area contributed by atoms with Gasteiger partial charge >= 0.3 is 42.1 Å². The van der Waals surface area contributed by atoms with Gasteiger partial charge in [-0.15, -0.1) is 0 Å². The van der Waals surface area contributed by atoms with Crippen LogP contribution in [0.5, 0.6) is 0 Å². The van der Waals surface area contributed by atoms with Crippen LogP contribution in [0.3, 0.4) is 0 Å². The van der Waals surface area contributed by atoms with Crippen molar-refractivity contribution in [1.29, 1.82) is 0 Å². The standard InChI is InChI=1S/3C9H12.2C7H14.C4H9.4C3H8.4C2H6O.C2H5.CH4.2H2O.6W/c3*1-8(2)9-6-4-3-5-7-9;2*1-6(2)7-4-3-5-7;1-4(2)3;4*1-3-2;4*1-2-3;1-2;;;;;;;;;/h3*3-8H,1-2H3;2*6-7H,3-5H2,1-2H3;4H,1H2,2-3H3;4*3H2,1-2H3;4*3H,2H2,1H3;1H2,2H3;1H4;2*1H2;;;;;;/q;;;;;-1;;;;;;;;;-1;;;;;;;;2*+2/p-1. The molecular formula is C68H141O6W6+. The summed E-state index contributed by atoms with van der Waals surface area (Å²) in [6.07, 6.45) is 14.0. The smallest absolute Gasteiger partial charge is 0.870 e. The van der Waals surface area contributed by atoms with Crippen molar-refractivity contribution in [3.8, 4) is 0 Å². The predicted molar refractivity (Wildman–Crippen MR) is 344 cm³/mol. The third kappa shape index (κ3) is 148. The average molecular weight is 2160 g/mol. The zero-order valence-electron chi connectivity index (χ0n) is 56.3. The Morgan fingerprint density at radius 2 is 0.512 bits per heavy atom. The molecule has 0 radical (unpaired) electrons. The zero-order valence-corrected chi connectivity index (χ0v) is 73.9. The van der Waals surface area contributed by atoms with Gasteiger partial charge in [-0.3, -0.25) is 0 Å². The molecule has 2 aliphatic carbocycles. The maximum atomic E-state index is 7.57. The fourth-order valence-electron chi connectivity index (χ4n) is 4.73. The van der Waals surface area contributed by atoms with Crippen molar-refractivity contribution in [3.63, 3.8) is 0 Å². The molecule has 2 aliphatic rings. The SMILES string of the molecule is C.CC(C)C1CCC1.CC(C)C1CCC1.CC(C)c1ccccc1.CC(C)c1ccccc1.CC(C)c1ccccc1.CCC.CCC.CCC.CCC.CCO.CCO.CCO.CC[OH2+].[CH2-]C.[CH2-]C(C)C.[OH-].[OH-].[W+2].[W+2].[W].[W].[W].[W]. The molecule has 0 unspecified atom stereocenters. The van der Waals surface area contributed by atoms with Crippen LogP contribution < -0.4 is 0 Å². The van der Waals surface area contributed by atoms with E-state index in [9.17, 15) is 0 Å². The minimum Gasteiger partial charge on any atom is -0.870 e. The Kier molecular flexibility index (Phi) is 213. The fourth-order valence-corrected chi connectivity index (χ4v) is 4.73. The second-order valence-electron chi connectivity index (χ2n) is 19.1. The van der Waals surface area contributed by atoms with Gasteiger partial charge in [0.05, 0.1) is 0 Å². The first-order valence-electron chi connectivity index (χ1n) is 28.7. The largest absolute Gasteiger partial charge is 2.00 e. The van der Waals surface area contributed by atoms with Crippen molar-refractivity contribution >= 4 is 0 Å². The first-order valence-corrected chi connectivity index (χ1v) is 28.7. The summed E-state index contributed by atoms with van der Waals surface area (Å²) < 4.78 is 0. The molecular weight excluding hydrogens is 2020 g/mol. The second-order valence-corrected chi connectivity index (χ2v) is 19.1. The number of aliphatic hydroxyl groups excluding tert-OH is 3. The topological polar surface area (TPSA) is 144 Å². The van der Waals surface area contributed by atoms with Gasteiger partial charge in [-0.25, -0.2) is 0 Å². The number of hydrogen-bond acceptors (Lipinski definition) is 5. The molecule has 3 aromatic carbocycles. The molecule has 0 atom stereocenters. The van der Waals surface area contributed by atoms with Crippen LogP contribution in [0.25, 0.3) is 0 Å². The molecule has 7 N–H and O–H groups in total. The van der Waals surface area contributed by atoms with Gasteiger partial charge in [0, 0.05) is 111 Å². The number of rotatable bonds is 5. The molecule has 0 saturated heterocycles. The Hall–Kier alpha value is 1.55. The molecule has 0 amide bonds. The molecule has 0 aliphatic heterocycles. The summed E-state index contributed by atoms with van der Waals surface area (Å²) in [7, 11) is 0. The average Bonchev–Trinajstić information content (AvgIpc) is 3.27. The first kappa shape index (κ1) is 135. The monoisotopic (exact) mass is 2160 g/mol. The Bertz CT molecular complexity index is 1040. The van der Waals surface area contributed by atoms with Crippen molar-refractivity contribution in [3.05, 3.63) is 122 Å². The van der Waals surface area contributed by atoms with Crippen LogP contribution >= 0.6 is 0 Å². The summed E-state index contributed by atoms with van der Waals surface area (Å²) in [5, 5.41) is 28.9. The minimum atomic E-state index is 0. The number of aliphatic hydroxyl groups is 3. The van der Waals surface area contributed by atoms with E-state index in [2.05, 4.69) is 225 Å². The quantitative estimate of drug-likeness (QED) is 0.172. The third-order valence-electron chi connectivity index (χ3n) is 8.58. The Morgan fingerprint density at radius 3 is 0.550 bits per heavy atom. The summed E-state index contributed by atoms with van der Waals surface area (Å²) in [5.41, 5.74) is 4.24. The fraction of sp³-hybridized carbons (Fsp3) is 0.706. The van der Waals surface area contributed by atoms with Gasteiger partial charge in [0.2, 0.25) is 0 Å². The van der Waals surface area contributed by atoms with Crippen molar-refractivity contribution in [1.82, 2.24) is 0 Å². The van der Waals surface area contributed by atoms with E-state index in [0.717, 1.165) is 23.7 Å². The Balaban J connectivity index is -0.0000000299. The molecule has 0 heterocycles. The second kappa shape index (κ2) is 126. The van der Waals surface area contributed by atoms with Crippen LogP contribution in [0, 0.1) is 43.4 Å². The van der Waals surface area contributed by atoms with Crippen LogP contribution in [0.4, 0.5) is 0 Å². The Labute approximate surface area is 591 Å². The number of hydrogen-bond donors (Lipinski definition) is 3. The van der Waals surface area contributed by atoms with Crippen LogP contribution in [0.2, 0.25) is 0 Å². The van der Waals surface area contributed by atoms with E-state index in [1.807, 2.05) is 18.2 Å². The first-order chi connectivity index (χ1) is 33.6. The summed E-state index contributed by atoms with van der Waals surface area (Å²) in [6.45, 7) is 60.3. The summed E-state index contributed by atoms with van der Waals surface area (Å²) in [6, 6.07) is 31.6. The molecule has 3 aromatic rings. The van der Waals surface area contributed by atoms with E-state index in [1.165, 1.54) is 80.9 Å². The number of benzene rings is 3. The summed E-state index contributed by atoms with van der Waals surface area (Å²) >= 11 is 0. The van der Waals surface area contributed by atoms with E-state index < -0.39 is 0 Å². The summed E-state index contributed by atoms with van der Waals surface area (Å²) in [4.78, 5) is 0. The van der Waals surface area contributed by atoms with Gasteiger partial charge in [-0.2, -0.15) is 12.8 Å². The van der Waals surface area contributed by atoms with Crippen molar-refractivity contribution in [2.45, 2.75) is 262 Å². The van der Waals surface area contributed by atoms with E-state index in [-0.39, 0.29) is 165 Å². The van der Waals surface area contributed by atoms with Crippen molar-refractivity contribution < 1.29 is 158 Å². The van der Waals surface area contributed by atoms with E-state index in [1.54, 1.807) is 34.6 Å². The van der Waals surface area contributed by atoms with Crippen LogP contribution in [0.15, 0.2) is 91.0 Å². The van der Waals surface area contributed by atoms with E-state index >= 15 is 0 Å². The molecule has 2 saturated carbocycles. The van der Waals surface area contributed by atoms with Crippen LogP contribution in [-0.2, 0) is 126 Å². The maximum Gasteiger partial charge on any atom is 2.00 e. The van der Waals surface area contributed by atoms with E-state index in [4.69, 9.17) is 20.4 Å². The molecule has 0 spiro atoms. The molecule has 0 bridgehead atoms. The molecule has 6 nitrogen and oxygen atoms in total. The maximum absolute atomic E-state index is 7.57. The van der Waals surface area contributed by atoms with Crippen molar-refractivity contribution in [2.75, 3.05) is 26.4 Å². The molecule has 0 aromatic heterocycles. The molecule has 5 rings (SSSR count).